The van der Waals surface area contributed by atoms with Gasteiger partial charge in [-0.25, -0.2) is 13.2 Å². The van der Waals surface area contributed by atoms with Crippen molar-refractivity contribution in [2.75, 3.05) is 5.75 Å². The Kier molecular flexibility index (Phi) is 2.46. The Morgan fingerprint density at radius 3 is 2.79 bits per heavy atom. The van der Waals surface area contributed by atoms with E-state index in [1.54, 1.807) is 12.1 Å². The van der Waals surface area contributed by atoms with Crippen molar-refractivity contribution in [3.8, 4) is 11.3 Å². The minimum Gasteiger partial charge on any atom is -0.475 e. The van der Waals surface area contributed by atoms with Crippen LogP contribution in [0.5, 0.6) is 0 Å². The third kappa shape index (κ3) is 1.91. The molecule has 0 bridgehead atoms. The number of aromatic carboxylic acids is 1. The van der Waals surface area contributed by atoms with E-state index in [9.17, 15) is 13.2 Å². The minimum atomic E-state index is -3.15. The van der Waals surface area contributed by atoms with Gasteiger partial charge in [-0.05, 0) is 24.1 Å². The molecule has 19 heavy (non-hydrogen) atoms. The van der Waals surface area contributed by atoms with Crippen LogP contribution < -0.4 is 0 Å². The molecule has 1 N–H and O–H groups in total. The number of carbonyl (C=O) groups is 1. The van der Waals surface area contributed by atoms with E-state index in [0.717, 1.165) is 5.56 Å². The molecule has 0 aliphatic carbocycles. The highest BCUT2D eigenvalue weighted by molar-refractivity contribution is 7.91. The fraction of sp³-hybridized carbons (Fsp3) is 0.167. The van der Waals surface area contributed by atoms with Gasteiger partial charge in [-0.2, -0.15) is 0 Å². The molecule has 2 heterocycles. The Morgan fingerprint density at radius 2 is 2.11 bits per heavy atom. The summed E-state index contributed by atoms with van der Waals surface area (Å²) in [7, 11) is -3.15. The van der Waals surface area contributed by atoms with Gasteiger partial charge in [0.05, 0.1) is 10.6 Å². The minimum absolute atomic E-state index is 0.116. The summed E-state index contributed by atoms with van der Waals surface area (Å²) in [5.41, 5.74) is 1.76. The Hall–Kier alpha value is -2.15. The molecular formula is C12H9NO5S. The number of benzene rings is 1. The van der Waals surface area contributed by atoms with Crippen LogP contribution in [0.1, 0.15) is 16.1 Å². The quantitative estimate of drug-likeness (QED) is 0.891. The first-order chi connectivity index (χ1) is 8.97. The fourth-order valence-electron chi connectivity index (χ4n) is 2.10. The largest absolute Gasteiger partial charge is 0.475 e. The molecule has 1 aliphatic rings. The average molecular weight is 279 g/mol. The Balaban J connectivity index is 2.06. The molecule has 1 aromatic carbocycles. The van der Waals surface area contributed by atoms with Gasteiger partial charge in [0.1, 0.15) is 5.69 Å². The smallest absolute Gasteiger partial charge is 0.374 e. The summed E-state index contributed by atoms with van der Waals surface area (Å²) in [6.45, 7) is 0. The van der Waals surface area contributed by atoms with Gasteiger partial charge in [0.25, 0.3) is 0 Å². The zero-order valence-corrected chi connectivity index (χ0v) is 10.5. The van der Waals surface area contributed by atoms with E-state index >= 15 is 0 Å². The van der Waals surface area contributed by atoms with Gasteiger partial charge in [-0.15, -0.1) is 0 Å². The molecule has 1 aromatic heterocycles. The maximum atomic E-state index is 11.7. The van der Waals surface area contributed by atoms with E-state index in [1.165, 1.54) is 12.1 Å². The van der Waals surface area contributed by atoms with Crippen molar-refractivity contribution in [2.24, 2.45) is 0 Å². The molecule has 0 saturated heterocycles. The lowest BCUT2D eigenvalue weighted by Crippen LogP contribution is -1.98. The second kappa shape index (κ2) is 3.92. The number of rotatable bonds is 2. The number of aromatic nitrogens is 1. The summed E-state index contributed by atoms with van der Waals surface area (Å²) in [4.78, 5) is 11.1. The predicted molar refractivity (Wildman–Crippen MR) is 64.7 cm³/mol. The maximum absolute atomic E-state index is 11.7. The monoisotopic (exact) mass is 279 g/mol. The third-order valence-corrected chi connectivity index (χ3v) is 4.86. The first-order valence-corrected chi connectivity index (χ1v) is 7.19. The highest BCUT2D eigenvalue weighted by atomic mass is 32.2. The van der Waals surface area contributed by atoms with Crippen LogP contribution in [-0.2, 0) is 16.3 Å². The van der Waals surface area contributed by atoms with E-state index in [1.807, 2.05) is 0 Å². The SMILES string of the molecule is O=C(O)c1cc(-c2ccc3c(c2)CCS3(=O)=O)no1. The van der Waals surface area contributed by atoms with Crippen molar-refractivity contribution in [3.05, 3.63) is 35.6 Å². The van der Waals surface area contributed by atoms with Crippen LogP contribution >= 0.6 is 0 Å². The Labute approximate surface area is 108 Å². The molecule has 0 unspecified atom stereocenters. The number of nitrogens with zero attached hydrogens (tertiary/aromatic N) is 1. The van der Waals surface area contributed by atoms with Crippen molar-refractivity contribution in [2.45, 2.75) is 11.3 Å². The van der Waals surface area contributed by atoms with Crippen molar-refractivity contribution in [3.63, 3.8) is 0 Å². The zero-order chi connectivity index (χ0) is 13.6. The first-order valence-electron chi connectivity index (χ1n) is 5.53. The second-order valence-electron chi connectivity index (χ2n) is 4.27. The average Bonchev–Trinajstić information content (AvgIpc) is 2.95. The predicted octanol–water partition coefficient (Wildman–Crippen LogP) is 1.37. The van der Waals surface area contributed by atoms with Crippen molar-refractivity contribution in [1.29, 1.82) is 0 Å². The van der Waals surface area contributed by atoms with Gasteiger partial charge >= 0.3 is 5.97 Å². The van der Waals surface area contributed by atoms with Crippen LogP contribution in [0, 0.1) is 0 Å². The molecular weight excluding hydrogens is 270 g/mol. The topological polar surface area (TPSA) is 97.5 Å². The lowest BCUT2D eigenvalue weighted by atomic mass is 10.1. The van der Waals surface area contributed by atoms with Gasteiger partial charge in [-0.3, -0.25) is 0 Å². The lowest BCUT2D eigenvalue weighted by Gasteiger charge is -2.00. The maximum Gasteiger partial charge on any atom is 0.374 e. The molecule has 7 heteroatoms. The van der Waals surface area contributed by atoms with Crippen LogP contribution in [0.15, 0.2) is 33.7 Å². The second-order valence-corrected chi connectivity index (χ2v) is 6.35. The molecule has 3 rings (SSSR count). The Morgan fingerprint density at radius 1 is 1.32 bits per heavy atom. The van der Waals surface area contributed by atoms with E-state index in [4.69, 9.17) is 5.11 Å². The van der Waals surface area contributed by atoms with E-state index in [-0.39, 0.29) is 11.5 Å². The van der Waals surface area contributed by atoms with Crippen LogP contribution in [0.3, 0.4) is 0 Å². The number of hydrogen-bond donors (Lipinski definition) is 1. The lowest BCUT2D eigenvalue weighted by molar-refractivity contribution is 0.0652. The number of carboxylic acid groups (broad SMARTS) is 1. The summed E-state index contributed by atoms with van der Waals surface area (Å²) >= 11 is 0. The first kappa shape index (κ1) is 11.9. The molecule has 0 saturated carbocycles. The van der Waals surface area contributed by atoms with Gasteiger partial charge in [-0.1, -0.05) is 11.2 Å². The molecule has 1 aliphatic heterocycles. The number of hydrogen-bond acceptors (Lipinski definition) is 5. The molecule has 0 atom stereocenters. The standard InChI is InChI=1S/C12H9NO5S/c14-12(15)10-6-9(13-18-10)7-1-2-11-8(5-7)3-4-19(11,16)17/h1-2,5-6H,3-4H2,(H,14,15). The van der Waals surface area contributed by atoms with E-state index in [0.29, 0.717) is 22.6 Å². The molecule has 0 radical (unpaired) electrons. The fourth-order valence-corrected chi connectivity index (χ4v) is 3.65. The summed E-state index contributed by atoms with van der Waals surface area (Å²) in [5.74, 6) is -1.32. The van der Waals surface area contributed by atoms with Crippen LogP contribution in [0.2, 0.25) is 0 Å². The summed E-state index contributed by atoms with van der Waals surface area (Å²) < 4.78 is 28.0. The summed E-state index contributed by atoms with van der Waals surface area (Å²) in [6.07, 6.45) is 0.467. The van der Waals surface area contributed by atoms with Crippen molar-refractivity contribution < 1.29 is 22.8 Å². The van der Waals surface area contributed by atoms with Crippen LogP contribution in [0.4, 0.5) is 0 Å². The van der Waals surface area contributed by atoms with Gasteiger partial charge in [0, 0.05) is 11.6 Å². The number of fused-ring (bicyclic) bond motifs is 1. The summed E-state index contributed by atoms with van der Waals surface area (Å²) in [6, 6.07) is 6.16. The molecule has 0 spiro atoms. The van der Waals surface area contributed by atoms with E-state index < -0.39 is 15.8 Å². The number of carboxylic acids is 1. The van der Waals surface area contributed by atoms with Gasteiger partial charge in [0.15, 0.2) is 9.84 Å². The molecule has 6 nitrogen and oxygen atoms in total. The molecule has 0 amide bonds. The number of sulfone groups is 1. The highest BCUT2D eigenvalue weighted by Crippen LogP contribution is 2.30. The molecule has 2 aromatic rings. The normalized spacial score (nSPS) is 16.2. The molecule has 98 valence electrons. The highest BCUT2D eigenvalue weighted by Gasteiger charge is 2.26. The zero-order valence-electron chi connectivity index (χ0n) is 9.66. The van der Waals surface area contributed by atoms with Crippen molar-refractivity contribution >= 4 is 15.8 Å². The van der Waals surface area contributed by atoms with Crippen LogP contribution in [0.25, 0.3) is 11.3 Å². The van der Waals surface area contributed by atoms with Gasteiger partial charge in [0.2, 0.25) is 5.76 Å². The van der Waals surface area contributed by atoms with Gasteiger partial charge < -0.3 is 9.63 Å². The van der Waals surface area contributed by atoms with E-state index in [2.05, 4.69) is 9.68 Å². The Bertz CT molecular complexity index is 775. The molecule has 0 fully saturated rings. The third-order valence-electron chi connectivity index (χ3n) is 3.05. The van der Waals surface area contributed by atoms with Crippen molar-refractivity contribution in [1.82, 2.24) is 5.16 Å². The van der Waals surface area contributed by atoms with Crippen LogP contribution in [-0.4, -0.2) is 30.4 Å². The number of aryl methyl sites for hydroxylation is 1. The summed E-state index contributed by atoms with van der Waals surface area (Å²) in [5, 5.41) is 12.4.